The zero-order chi connectivity index (χ0) is 10.8. The van der Waals surface area contributed by atoms with E-state index in [-0.39, 0.29) is 5.69 Å². The fraction of sp³-hybridized carbons (Fsp3) is 0. The normalized spacial score (nSPS) is 10.2. The molecule has 1 aromatic carbocycles. The van der Waals surface area contributed by atoms with Gasteiger partial charge in [0.1, 0.15) is 0 Å². The third kappa shape index (κ3) is 1.78. The highest BCUT2D eigenvalue weighted by atomic mass is 79.9. The summed E-state index contributed by atoms with van der Waals surface area (Å²) >= 11 is 3.15. The van der Waals surface area contributed by atoms with Crippen LogP contribution in [0.3, 0.4) is 0 Å². The molecule has 0 atom stereocenters. The number of hydrogen-bond donors (Lipinski definition) is 1. The topological polar surface area (TPSA) is 55.1 Å². The summed E-state index contributed by atoms with van der Waals surface area (Å²) in [4.78, 5) is 11.0. The van der Waals surface area contributed by atoms with Gasteiger partial charge < -0.3 is 5.11 Å². The molecule has 1 N–H and O–H groups in total. The first kappa shape index (κ1) is 9.92. The van der Waals surface area contributed by atoms with Gasteiger partial charge in [0.25, 0.3) is 0 Å². The number of hydrogen-bond acceptors (Lipinski definition) is 2. The van der Waals surface area contributed by atoms with Crippen LogP contribution in [-0.2, 0) is 0 Å². The lowest BCUT2D eigenvalue weighted by Crippen LogP contribution is -2.08. The van der Waals surface area contributed by atoms with Crippen LogP contribution in [0, 0.1) is 0 Å². The Morgan fingerprint density at radius 2 is 2.00 bits per heavy atom. The number of nitrogens with zero attached hydrogens (tertiary/aromatic N) is 2. The van der Waals surface area contributed by atoms with Crippen molar-refractivity contribution < 1.29 is 9.90 Å². The van der Waals surface area contributed by atoms with Crippen molar-refractivity contribution in [2.75, 3.05) is 0 Å². The zero-order valence-electron chi connectivity index (χ0n) is 7.59. The smallest absolute Gasteiger partial charge is 0.355 e. The Morgan fingerprint density at radius 3 is 2.60 bits per heavy atom. The van der Waals surface area contributed by atoms with E-state index >= 15 is 0 Å². The molecule has 76 valence electrons. The van der Waals surface area contributed by atoms with E-state index in [1.807, 2.05) is 18.2 Å². The first-order valence-corrected chi connectivity index (χ1v) is 5.01. The second-order valence-electron chi connectivity index (χ2n) is 2.89. The molecule has 2 rings (SSSR count). The average Bonchev–Trinajstić information content (AvgIpc) is 2.61. The summed E-state index contributed by atoms with van der Waals surface area (Å²) < 4.78 is 1.85. The summed E-state index contributed by atoms with van der Waals surface area (Å²) in [6.45, 7) is 0. The number of para-hydroxylation sites is 1. The van der Waals surface area contributed by atoms with Crippen LogP contribution < -0.4 is 0 Å². The van der Waals surface area contributed by atoms with Gasteiger partial charge in [-0.3, -0.25) is 0 Å². The highest BCUT2D eigenvalue weighted by molar-refractivity contribution is 9.10. The monoisotopic (exact) mass is 266 g/mol. The minimum Gasteiger partial charge on any atom is -0.476 e. The second kappa shape index (κ2) is 3.86. The molecule has 1 aromatic heterocycles. The van der Waals surface area contributed by atoms with Crippen molar-refractivity contribution in [2.45, 2.75) is 0 Å². The van der Waals surface area contributed by atoms with Gasteiger partial charge in [0, 0.05) is 0 Å². The summed E-state index contributed by atoms with van der Waals surface area (Å²) in [5.74, 6) is -1.01. The lowest BCUT2D eigenvalue weighted by Gasteiger charge is -2.03. The fourth-order valence-corrected chi connectivity index (χ4v) is 1.72. The van der Waals surface area contributed by atoms with E-state index in [1.54, 1.807) is 12.1 Å². The number of carboxylic acids is 1. The molecular formula is C10H7BrN2O2. The predicted octanol–water partition coefficient (Wildman–Crippen LogP) is 2.33. The zero-order valence-corrected chi connectivity index (χ0v) is 9.18. The van der Waals surface area contributed by atoms with E-state index in [4.69, 9.17) is 5.11 Å². The molecule has 15 heavy (non-hydrogen) atoms. The molecule has 0 aliphatic rings. The number of carbonyl (C=O) groups is 1. The van der Waals surface area contributed by atoms with Gasteiger partial charge in [-0.2, -0.15) is 5.10 Å². The highest BCUT2D eigenvalue weighted by Gasteiger charge is 2.16. The molecule has 0 saturated carbocycles. The number of aromatic nitrogens is 2. The Labute approximate surface area is 94.3 Å². The maximum absolute atomic E-state index is 11.0. The van der Waals surface area contributed by atoms with Gasteiger partial charge in [-0.1, -0.05) is 18.2 Å². The summed E-state index contributed by atoms with van der Waals surface area (Å²) in [7, 11) is 0. The lowest BCUT2D eigenvalue weighted by atomic mass is 10.3. The number of carboxylic acid groups (broad SMARTS) is 1. The van der Waals surface area contributed by atoms with Crippen molar-refractivity contribution in [2.24, 2.45) is 0 Å². The third-order valence-corrected chi connectivity index (χ3v) is 2.51. The molecule has 0 bridgehead atoms. The van der Waals surface area contributed by atoms with Gasteiger partial charge in [0.05, 0.1) is 16.4 Å². The predicted molar refractivity (Wildman–Crippen MR) is 58.2 cm³/mol. The van der Waals surface area contributed by atoms with E-state index < -0.39 is 5.97 Å². The van der Waals surface area contributed by atoms with Crippen LogP contribution in [0.1, 0.15) is 10.5 Å². The molecule has 5 heteroatoms. The quantitative estimate of drug-likeness (QED) is 0.908. The molecule has 0 unspecified atom stereocenters. The number of aromatic carboxylic acids is 1. The molecule has 4 nitrogen and oxygen atoms in total. The first-order valence-electron chi connectivity index (χ1n) is 4.22. The summed E-state index contributed by atoms with van der Waals surface area (Å²) in [6, 6.07) is 9.12. The molecule has 0 radical (unpaired) electrons. The molecule has 2 aromatic rings. The molecule has 1 heterocycles. The van der Waals surface area contributed by atoms with Gasteiger partial charge in [0.2, 0.25) is 0 Å². The Balaban J connectivity index is 2.59. The van der Waals surface area contributed by atoms with Crippen molar-refractivity contribution in [3.63, 3.8) is 0 Å². The first-order chi connectivity index (χ1) is 7.20. The summed E-state index contributed by atoms with van der Waals surface area (Å²) in [5, 5.41) is 13.0. The maximum Gasteiger partial charge on any atom is 0.355 e. The van der Waals surface area contributed by atoms with Gasteiger partial charge in [-0.05, 0) is 28.1 Å². The standard InChI is InChI=1S/C10H7BrN2O2/c11-8-6-12-13(9(8)10(14)15)7-4-2-1-3-5-7/h1-6H,(H,14,15). The molecule has 0 amide bonds. The molecular weight excluding hydrogens is 260 g/mol. The van der Waals surface area contributed by atoms with Gasteiger partial charge in [0.15, 0.2) is 5.69 Å². The Hall–Kier alpha value is -1.62. The van der Waals surface area contributed by atoms with Gasteiger partial charge in [-0.25, -0.2) is 9.48 Å². The van der Waals surface area contributed by atoms with Crippen LogP contribution in [0.2, 0.25) is 0 Å². The van der Waals surface area contributed by atoms with E-state index in [0.717, 1.165) is 5.69 Å². The van der Waals surface area contributed by atoms with Crippen molar-refractivity contribution in [3.05, 3.63) is 46.7 Å². The molecule has 0 spiro atoms. The van der Waals surface area contributed by atoms with Crippen LogP contribution >= 0.6 is 15.9 Å². The van der Waals surface area contributed by atoms with E-state index in [9.17, 15) is 4.79 Å². The summed E-state index contributed by atoms with van der Waals surface area (Å²) in [5.41, 5.74) is 0.849. The Kier molecular flexibility index (Phi) is 2.55. The van der Waals surface area contributed by atoms with Crippen molar-refractivity contribution in [1.82, 2.24) is 9.78 Å². The highest BCUT2D eigenvalue weighted by Crippen LogP contribution is 2.19. The fourth-order valence-electron chi connectivity index (χ4n) is 1.29. The Bertz CT molecular complexity index is 493. The third-order valence-electron chi connectivity index (χ3n) is 1.93. The number of halogens is 1. The number of benzene rings is 1. The van der Waals surface area contributed by atoms with E-state index in [1.165, 1.54) is 10.9 Å². The molecule has 0 saturated heterocycles. The van der Waals surface area contributed by atoms with Gasteiger partial charge in [-0.15, -0.1) is 0 Å². The van der Waals surface area contributed by atoms with Crippen LogP contribution in [0.4, 0.5) is 0 Å². The lowest BCUT2D eigenvalue weighted by molar-refractivity contribution is 0.0686. The molecule has 0 fully saturated rings. The van der Waals surface area contributed by atoms with Crippen LogP contribution in [-0.4, -0.2) is 20.9 Å². The minimum atomic E-state index is -1.01. The van der Waals surface area contributed by atoms with E-state index in [2.05, 4.69) is 21.0 Å². The average molecular weight is 267 g/mol. The van der Waals surface area contributed by atoms with Crippen molar-refractivity contribution in [3.8, 4) is 5.69 Å². The maximum atomic E-state index is 11.0. The second-order valence-corrected chi connectivity index (χ2v) is 3.75. The van der Waals surface area contributed by atoms with Crippen LogP contribution in [0.25, 0.3) is 5.69 Å². The van der Waals surface area contributed by atoms with Crippen molar-refractivity contribution >= 4 is 21.9 Å². The SMILES string of the molecule is O=C(O)c1c(Br)cnn1-c1ccccc1. The number of rotatable bonds is 2. The largest absolute Gasteiger partial charge is 0.476 e. The van der Waals surface area contributed by atoms with E-state index in [0.29, 0.717) is 4.47 Å². The van der Waals surface area contributed by atoms with Gasteiger partial charge >= 0.3 is 5.97 Å². The molecule has 0 aliphatic heterocycles. The van der Waals surface area contributed by atoms with Crippen LogP contribution in [0.15, 0.2) is 41.0 Å². The molecule has 0 aliphatic carbocycles. The summed E-state index contributed by atoms with van der Waals surface area (Å²) in [6.07, 6.45) is 1.47. The Morgan fingerprint density at radius 1 is 1.33 bits per heavy atom. The van der Waals surface area contributed by atoms with Crippen LogP contribution in [0.5, 0.6) is 0 Å². The minimum absolute atomic E-state index is 0.126. The van der Waals surface area contributed by atoms with Crippen molar-refractivity contribution in [1.29, 1.82) is 0 Å².